The molecule has 0 saturated carbocycles. The van der Waals surface area contributed by atoms with Crippen molar-refractivity contribution in [3.8, 4) is 11.5 Å². The molecule has 0 N–H and O–H groups in total. The van der Waals surface area contributed by atoms with Crippen molar-refractivity contribution in [1.29, 1.82) is 0 Å². The number of piperidine rings is 1. The number of rotatable bonds is 4. The van der Waals surface area contributed by atoms with Crippen molar-refractivity contribution < 1.29 is 23.7 Å². The quantitative estimate of drug-likeness (QED) is 0.827. The Hall–Kier alpha value is -2.05. The van der Waals surface area contributed by atoms with Crippen LogP contribution in [0.3, 0.4) is 0 Å². The molecule has 6 heteroatoms. The van der Waals surface area contributed by atoms with E-state index in [4.69, 9.17) is 18.9 Å². The number of nitrogens with zero attached hydrogens (tertiary/aromatic N) is 1. The number of para-hydroxylation sites is 1. The first-order valence-electron chi connectivity index (χ1n) is 9.38. The Bertz CT molecular complexity index is 695. The van der Waals surface area contributed by atoms with Crippen molar-refractivity contribution in [2.45, 2.75) is 26.1 Å². The second kappa shape index (κ2) is 7.68. The third kappa shape index (κ3) is 3.44. The van der Waals surface area contributed by atoms with Gasteiger partial charge in [0.1, 0.15) is 6.61 Å². The number of benzene rings is 1. The Morgan fingerprint density at radius 2 is 2.15 bits per heavy atom. The maximum atomic E-state index is 13.0. The molecule has 1 amide bonds. The van der Waals surface area contributed by atoms with Crippen molar-refractivity contribution >= 4 is 12.0 Å². The van der Waals surface area contributed by atoms with Gasteiger partial charge in [-0.05, 0) is 31.9 Å². The molecule has 4 rings (SSSR count). The first-order valence-corrected chi connectivity index (χ1v) is 9.38. The number of hydrogen-bond donors (Lipinski definition) is 0. The summed E-state index contributed by atoms with van der Waals surface area (Å²) in [5, 5.41) is 0. The molecule has 3 heterocycles. The lowest BCUT2D eigenvalue weighted by atomic mass is 9.96. The summed E-state index contributed by atoms with van der Waals surface area (Å²) in [6.45, 7) is 5.53. The number of fused-ring (bicyclic) bond motifs is 1. The average Bonchev–Trinajstić information content (AvgIpc) is 3.22. The molecule has 3 aliphatic heterocycles. The van der Waals surface area contributed by atoms with Gasteiger partial charge < -0.3 is 23.8 Å². The summed E-state index contributed by atoms with van der Waals surface area (Å²) in [5.74, 6) is 1.73. The van der Waals surface area contributed by atoms with Crippen LogP contribution in [-0.2, 0) is 14.3 Å². The molecular weight excluding hydrogens is 334 g/mol. The fraction of sp³-hybridized carbons (Fsp3) is 0.550. The maximum Gasteiger partial charge on any atom is 0.253 e. The second-order valence-electron chi connectivity index (χ2n) is 6.83. The lowest BCUT2D eigenvalue weighted by molar-refractivity contribution is -0.135. The topological polar surface area (TPSA) is 57.2 Å². The van der Waals surface area contributed by atoms with E-state index in [0.717, 1.165) is 36.4 Å². The third-order valence-corrected chi connectivity index (χ3v) is 5.06. The second-order valence-corrected chi connectivity index (χ2v) is 6.83. The van der Waals surface area contributed by atoms with Crippen LogP contribution in [0.4, 0.5) is 0 Å². The van der Waals surface area contributed by atoms with Gasteiger partial charge in [0.05, 0.1) is 25.4 Å². The molecule has 2 fully saturated rings. The Kier molecular flexibility index (Phi) is 5.13. The van der Waals surface area contributed by atoms with Gasteiger partial charge >= 0.3 is 0 Å². The third-order valence-electron chi connectivity index (χ3n) is 5.06. The summed E-state index contributed by atoms with van der Waals surface area (Å²) in [5.41, 5.74) is 1.57. The molecule has 140 valence electrons. The zero-order valence-corrected chi connectivity index (χ0v) is 15.1. The van der Waals surface area contributed by atoms with Gasteiger partial charge in [0, 0.05) is 24.6 Å². The number of carbonyl (C=O) groups is 1. The van der Waals surface area contributed by atoms with E-state index in [9.17, 15) is 4.79 Å². The van der Waals surface area contributed by atoms with Crippen LogP contribution in [0.2, 0.25) is 0 Å². The normalized spacial score (nSPS) is 23.2. The van der Waals surface area contributed by atoms with Gasteiger partial charge in [-0.25, -0.2) is 0 Å². The minimum Gasteiger partial charge on any atom is -0.490 e. The lowest BCUT2D eigenvalue weighted by Gasteiger charge is -2.35. The summed E-state index contributed by atoms with van der Waals surface area (Å²) < 4.78 is 22.7. The van der Waals surface area contributed by atoms with E-state index in [0.29, 0.717) is 31.9 Å². The van der Waals surface area contributed by atoms with Crippen LogP contribution in [0, 0.1) is 5.92 Å². The molecule has 0 spiro atoms. The van der Waals surface area contributed by atoms with Crippen molar-refractivity contribution in [1.82, 2.24) is 4.90 Å². The SMILES string of the molecule is CCOc1cccc2c1OCC(C(=O)N1CCCC(C3OCCO3)C1)=C2. The first-order chi connectivity index (χ1) is 12.8. The van der Waals surface area contributed by atoms with E-state index in [-0.39, 0.29) is 24.7 Å². The molecule has 1 aromatic rings. The fourth-order valence-corrected chi connectivity index (χ4v) is 3.84. The van der Waals surface area contributed by atoms with Gasteiger partial charge in [-0.15, -0.1) is 0 Å². The Morgan fingerprint density at radius 1 is 1.31 bits per heavy atom. The molecule has 1 atom stereocenters. The van der Waals surface area contributed by atoms with Gasteiger partial charge in [-0.3, -0.25) is 4.79 Å². The fourth-order valence-electron chi connectivity index (χ4n) is 3.84. The number of carbonyl (C=O) groups excluding carboxylic acids is 1. The minimum absolute atomic E-state index is 0.0418. The Morgan fingerprint density at radius 3 is 2.96 bits per heavy atom. The van der Waals surface area contributed by atoms with E-state index >= 15 is 0 Å². The van der Waals surface area contributed by atoms with Gasteiger partial charge in [-0.2, -0.15) is 0 Å². The molecular formula is C20H25NO5. The summed E-state index contributed by atoms with van der Waals surface area (Å²) in [6.07, 6.45) is 3.76. The number of amides is 1. The summed E-state index contributed by atoms with van der Waals surface area (Å²) in [4.78, 5) is 14.9. The predicted molar refractivity (Wildman–Crippen MR) is 96.1 cm³/mol. The minimum atomic E-state index is -0.170. The Balaban J connectivity index is 1.48. The summed E-state index contributed by atoms with van der Waals surface area (Å²) in [6, 6.07) is 5.76. The predicted octanol–water partition coefficient (Wildman–Crippen LogP) is 2.47. The molecule has 26 heavy (non-hydrogen) atoms. The molecule has 0 bridgehead atoms. The van der Waals surface area contributed by atoms with E-state index < -0.39 is 0 Å². The molecule has 1 aromatic carbocycles. The highest BCUT2D eigenvalue weighted by atomic mass is 16.7. The number of likely N-dealkylation sites (tertiary alicyclic amines) is 1. The van der Waals surface area contributed by atoms with E-state index in [1.165, 1.54) is 0 Å². The van der Waals surface area contributed by atoms with E-state index in [2.05, 4.69) is 0 Å². The van der Waals surface area contributed by atoms with Crippen LogP contribution in [0.1, 0.15) is 25.3 Å². The summed E-state index contributed by atoms with van der Waals surface area (Å²) >= 11 is 0. The molecule has 0 radical (unpaired) electrons. The number of ether oxygens (including phenoxy) is 4. The van der Waals surface area contributed by atoms with Gasteiger partial charge in [0.15, 0.2) is 17.8 Å². The highest BCUT2D eigenvalue weighted by Crippen LogP contribution is 2.36. The highest BCUT2D eigenvalue weighted by molar-refractivity contribution is 5.99. The Labute approximate surface area is 153 Å². The largest absolute Gasteiger partial charge is 0.490 e. The molecule has 2 saturated heterocycles. The highest BCUT2D eigenvalue weighted by Gasteiger charge is 2.34. The molecule has 1 unspecified atom stereocenters. The van der Waals surface area contributed by atoms with E-state index in [1.807, 2.05) is 36.1 Å². The van der Waals surface area contributed by atoms with Crippen molar-refractivity contribution in [2.24, 2.45) is 5.92 Å². The van der Waals surface area contributed by atoms with Crippen LogP contribution in [-0.4, -0.2) is 56.6 Å². The van der Waals surface area contributed by atoms with Crippen molar-refractivity contribution in [3.63, 3.8) is 0 Å². The summed E-state index contributed by atoms with van der Waals surface area (Å²) in [7, 11) is 0. The van der Waals surface area contributed by atoms with Gasteiger partial charge in [0.25, 0.3) is 5.91 Å². The lowest BCUT2D eigenvalue weighted by Crippen LogP contribution is -2.45. The average molecular weight is 359 g/mol. The van der Waals surface area contributed by atoms with Crippen molar-refractivity contribution in [3.05, 3.63) is 29.3 Å². The molecule has 0 aliphatic carbocycles. The zero-order valence-electron chi connectivity index (χ0n) is 15.1. The van der Waals surface area contributed by atoms with Gasteiger partial charge in [-0.1, -0.05) is 12.1 Å². The molecule has 3 aliphatic rings. The van der Waals surface area contributed by atoms with Crippen molar-refractivity contribution in [2.75, 3.05) is 39.5 Å². The van der Waals surface area contributed by atoms with Crippen LogP contribution < -0.4 is 9.47 Å². The van der Waals surface area contributed by atoms with Gasteiger partial charge in [0.2, 0.25) is 0 Å². The van der Waals surface area contributed by atoms with Crippen LogP contribution in [0.5, 0.6) is 11.5 Å². The van der Waals surface area contributed by atoms with Crippen LogP contribution >= 0.6 is 0 Å². The first kappa shape index (κ1) is 17.4. The smallest absolute Gasteiger partial charge is 0.253 e. The zero-order chi connectivity index (χ0) is 17.9. The standard InChI is InChI=1S/C20H25NO5/c1-2-23-17-7-3-5-14-11-16(13-26-18(14)17)19(22)21-8-4-6-15(12-21)20-24-9-10-25-20/h3,5,7,11,15,20H,2,4,6,8-10,12-13H2,1H3. The van der Waals surface area contributed by atoms with Crippen LogP contribution in [0.15, 0.2) is 23.8 Å². The van der Waals surface area contributed by atoms with E-state index in [1.54, 1.807) is 0 Å². The molecule has 0 aromatic heterocycles. The maximum absolute atomic E-state index is 13.0. The monoisotopic (exact) mass is 359 g/mol. The van der Waals surface area contributed by atoms with Crippen LogP contribution in [0.25, 0.3) is 6.08 Å². The molecule has 6 nitrogen and oxygen atoms in total. The number of hydrogen-bond acceptors (Lipinski definition) is 5.